The van der Waals surface area contributed by atoms with E-state index in [1.807, 2.05) is 16.8 Å². The van der Waals surface area contributed by atoms with Crippen LogP contribution in [-0.4, -0.2) is 5.91 Å². The molecule has 1 N–H and O–H groups in total. The van der Waals surface area contributed by atoms with E-state index >= 15 is 0 Å². The highest BCUT2D eigenvalue weighted by molar-refractivity contribution is 7.80. The van der Waals surface area contributed by atoms with Crippen molar-refractivity contribution in [1.29, 1.82) is 0 Å². The smallest absolute Gasteiger partial charge is 0.257 e. The molecule has 0 aliphatic rings. The van der Waals surface area contributed by atoms with Crippen molar-refractivity contribution in [2.24, 2.45) is 0 Å². The van der Waals surface area contributed by atoms with Crippen LogP contribution in [-0.2, 0) is 0 Å². The number of hydrogen-bond donors (Lipinski definition) is 2. The van der Waals surface area contributed by atoms with Crippen LogP contribution in [0.2, 0.25) is 5.02 Å². The average molecular weight is 270 g/mol. The average Bonchev–Trinajstić information content (AvgIpc) is 2.74. The summed E-state index contributed by atoms with van der Waals surface area (Å²) in [4.78, 5) is 12.6. The third-order valence-corrected chi connectivity index (χ3v) is 3.26. The van der Waals surface area contributed by atoms with E-state index in [1.165, 1.54) is 11.3 Å². The van der Waals surface area contributed by atoms with Gasteiger partial charge in [-0.25, -0.2) is 0 Å². The van der Waals surface area contributed by atoms with E-state index in [0.29, 0.717) is 15.5 Å². The topological polar surface area (TPSA) is 29.1 Å². The number of rotatable bonds is 2. The van der Waals surface area contributed by atoms with Crippen molar-refractivity contribution in [3.63, 3.8) is 0 Å². The first kappa shape index (κ1) is 11.5. The molecule has 0 radical (unpaired) electrons. The summed E-state index contributed by atoms with van der Waals surface area (Å²) in [6.45, 7) is 0. The van der Waals surface area contributed by atoms with E-state index in [1.54, 1.807) is 18.2 Å². The molecule has 82 valence electrons. The van der Waals surface area contributed by atoms with Crippen LogP contribution in [0.5, 0.6) is 0 Å². The van der Waals surface area contributed by atoms with Crippen molar-refractivity contribution in [1.82, 2.24) is 0 Å². The van der Waals surface area contributed by atoms with Gasteiger partial charge in [0.25, 0.3) is 5.91 Å². The molecule has 1 amide bonds. The van der Waals surface area contributed by atoms with Gasteiger partial charge in [-0.1, -0.05) is 11.6 Å². The number of thiol groups is 1. The number of carbonyl (C=O) groups is 1. The number of hydrogen-bond acceptors (Lipinski definition) is 3. The molecule has 1 aromatic heterocycles. The molecule has 0 aliphatic carbocycles. The number of thiophene rings is 1. The molecular weight excluding hydrogens is 262 g/mol. The molecule has 1 heterocycles. The fourth-order valence-electron chi connectivity index (χ4n) is 1.22. The van der Waals surface area contributed by atoms with Gasteiger partial charge in [-0.3, -0.25) is 4.79 Å². The lowest BCUT2D eigenvalue weighted by Gasteiger charge is -2.05. The maximum atomic E-state index is 11.9. The van der Waals surface area contributed by atoms with Crippen molar-refractivity contribution in [3.8, 4) is 0 Å². The molecule has 16 heavy (non-hydrogen) atoms. The monoisotopic (exact) mass is 269 g/mol. The lowest BCUT2D eigenvalue weighted by Crippen LogP contribution is -2.11. The second-order valence-electron chi connectivity index (χ2n) is 3.13. The summed E-state index contributed by atoms with van der Waals surface area (Å²) in [7, 11) is 0. The lowest BCUT2D eigenvalue weighted by molar-refractivity contribution is 0.102. The molecule has 2 aromatic rings. The van der Waals surface area contributed by atoms with Crippen molar-refractivity contribution < 1.29 is 4.79 Å². The van der Waals surface area contributed by atoms with Crippen molar-refractivity contribution >= 4 is 47.2 Å². The van der Waals surface area contributed by atoms with Crippen LogP contribution in [0.1, 0.15) is 10.4 Å². The van der Waals surface area contributed by atoms with E-state index in [-0.39, 0.29) is 5.91 Å². The summed E-state index contributed by atoms with van der Waals surface area (Å²) in [5, 5.41) is 6.93. The van der Waals surface area contributed by atoms with E-state index in [0.717, 1.165) is 5.69 Å². The Morgan fingerprint density at radius 3 is 2.88 bits per heavy atom. The van der Waals surface area contributed by atoms with Crippen molar-refractivity contribution in [2.45, 2.75) is 4.90 Å². The number of anilines is 1. The standard InChI is InChI=1S/C11H8ClNOS2/c12-10-2-1-8(15)5-9(10)11(14)13-7-3-4-16-6-7/h1-6,15H,(H,13,14). The van der Waals surface area contributed by atoms with Gasteiger partial charge in [-0.15, -0.1) is 12.6 Å². The predicted molar refractivity (Wildman–Crippen MR) is 71.0 cm³/mol. The minimum Gasteiger partial charge on any atom is -0.321 e. The van der Waals surface area contributed by atoms with E-state index in [9.17, 15) is 4.79 Å². The molecule has 0 aliphatic heterocycles. The van der Waals surface area contributed by atoms with E-state index in [4.69, 9.17) is 11.6 Å². The summed E-state index contributed by atoms with van der Waals surface area (Å²) in [6.07, 6.45) is 0. The maximum absolute atomic E-state index is 11.9. The number of benzene rings is 1. The summed E-state index contributed by atoms with van der Waals surface area (Å²) in [5.74, 6) is -0.223. The summed E-state index contributed by atoms with van der Waals surface area (Å²) >= 11 is 11.6. The van der Waals surface area contributed by atoms with Gasteiger partial charge in [0.2, 0.25) is 0 Å². The number of nitrogens with one attached hydrogen (secondary N) is 1. The van der Waals surface area contributed by atoms with Gasteiger partial charge >= 0.3 is 0 Å². The molecule has 0 bridgehead atoms. The molecule has 2 rings (SSSR count). The zero-order valence-electron chi connectivity index (χ0n) is 8.11. The van der Waals surface area contributed by atoms with Gasteiger partial charge in [0.1, 0.15) is 0 Å². The molecule has 0 fully saturated rings. The van der Waals surface area contributed by atoms with Crippen LogP contribution in [0.3, 0.4) is 0 Å². The summed E-state index contributed by atoms with van der Waals surface area (Å²) in [6, 6.07) is 6.88. The largest absolute Gasteiger partial charge is 0.321 e. The van der Waals surface area contributed by atoms with Gasteiger partial charge in [-0.2, -0.15) is 11.3 Å². The summed E-state index contributed by atoms with van der Waals surface area (Å²) in [5.41, 5.74) is 1.20. The SMILES string of the molecule is O=C(Nc1ccsc1)c1cc(S)ccc1Cl. The molecule has 1 aromatic carbocycles. The molecule has 0 spiro atoms. The Hall–Kier alpha value is -0.970. The minimum absolute atomic E-state index is 0.223. The lowest BCUT2D eigenvalue weighted by atomic mass is 10.2. The highest BCUT2D eigenvalue weighted by Crippen LogP contribution is 2.21. The molecular formula is C11H8ClNOS2. The Kier molecular flexibility index (Phi) is 3.53. The van der Waals surface area contributed by atoms with Crippen LogP contribution in [0, 0.1) is 0 Å². The fraction of sp³-hybridized carbons (Fsp3) is 0. The van der Waals surface area contributed by atoms with E-state index < -0.39 is 0 Å². The zero-order chi connectivity index (χ0) is 11.5. The first-order valence-corrected chi connectivity index (χ1v) is 6.25. The summed E-state index contributed by atoms with van der Waals surface area (Å²) < 4.78 is 0. The highest BCUT2D eigenvalue weighted by atomic mass is 35.5. The first-order valence-electron chi connectivity index (χ1n) is 4.49. The fourth-order valence-corrected chi connectivity index (χ4v) is 2.22. The zero-order valence-corrected chi connectivity index (χ0v) is 10.6. The van der Waals surface area contributed by atoms with Crippen LogP contribution < -0.4 is 5.32 Å². The first-order chi connectivity index (χ1) is 7.66. The Balaban J connectivity index is 2.24. The van der Waals surface area contributed by atoms with Gasteiger partial charge in [0, 0.05) is 10.3 Å². The second kappa shape index (κ2) is 4.91. The van der Waals surface area contributed by atoms with Crippen LogP contribution in [0.25, 0.3) is 0 Å². The number of carbonyl (C=O) groups excluding carboxylic acids is 1. The normalized spacial score (nSPS) is 10.1. The second-order valence-corrected chi connectivity index (χ2v) is 4.83. The Bertz CT molecular complexity index is 511. The van der Waals surface area contributed by atoms with Crippen molar-refractivity contribution in [3.05, 3.63) is 45.6 Å². The third kappa shape index (κ3) is 2.58. The number of amides is 1. The Morgan fingerprint density at radius 1 is 1.38 bits per heavy atom. The third-order valence-electron chi connectivity index (χ3n) is 1.97. The Labute approximate surface area is 108 Å². The highest BCUT2D eigenvalue weighted by Gasteiger charge is 2.10. The maximum Gasteiger partial charge on any atom is 0.257 e. The molecule has 5 heteroatoms. The predicted octanol–water partition coefficient (Wildman–Crippen LogP) is 3.94. The van der Waals surface area contributed by atoms with Crippen molar-refractivity contribution in [2.75, 3.05) is 5.32 Å². The van der Waals surface area contributed by atoms with Gasteiger partial charge < -0.3 is 5.32 Å². The number of halogens is 1. The van der Waals surface area contributed by atoms with Crippen LogP contribution in [0.4, 0.5) is 5.69 Å². The minimum atomic E-state index is -0.223. The van der Waals surface area contributed by atoms with Gasteiger partial charge in [0.15, 0.2) is 0 Å². The quantitative estimate of drug-likeness (QED) is 0.795. The molecule has 0 atom stereocenters. The molecule has 0 unspecified atom stereocenters. The molecule has 0 saturated carbocycles. The van der Waals surface area contributed by atoms with Crippen LogP contribution in [0.15, 0.2) is 39.9 Å². The molecule has 2 nitrogen and oxygen atoms in total. The van der Waals surface area contributed by atoms with E-state index in [2.05, 4.69) is 17.9 Å². The van der Waals surface area contributed by atoms with Gasteiger partial charge in [-0.05, 0) is 29.6 Å². The Morgan fingerprint density at radius 2 is 2.19 bits per heavy atom. The van der Waals surface area contributed by atoms with Crippen LogP contribution >= 0.6 is 35.6 Å². The molecule has 0 saturated heterocycles. The van der Waals surface area contributed by atoms with Gasteiger partial charge in [0.05, 0.1) is 16.3 Å².